The van der Waals surface area contributed by atoms with Gasteiger partial charge in [0.05, 0.1) is 5.41 Å². The number of nitrogens with one attached hydrogen (secondary N) is 1. The summed E-state index contributed by atoms with van der Waals surface area (Å²) in [6.45, 7) is 7.75. The summed E-state index contributed by atoms with van der Waals surface area (Å²) >= 11 is 0. The number of para-hydroxylation sites is 1. The molecule has 1 amide bonds. The summed E-state index contributed by atoms with van der Waals surface area (Å²) in [5, 5.41) is 12.3. The molecule has 116 valence electrons. The van der Waals surface area contributed by atoms with Gasteiger partial charge in [0.2, 0.25) is 5.91 Å². The van der Waals surface area contributed by atoms with Crippen LogP contribution in [0, 0.1) is 5.41 Å². The minimum atomic E-state index is -0.975. The van der Waals surface area contributed by atoms with Crippen molar-refractivity contribution in [3.8, 4) is 0 Å². The number of anilines is 1. The van der Waals surface area contributed by atoms with Gasteiger partial charge in [-0.25, -0.2) is 0 Å². The number of carboxylic acids is 1. The molecule has 0 aliphatic rings. The van der Waals surface area contributed by atoms with Crippen molar-refractivity contribution in [2.45, 2.75) is 52.9 Å². The molecule has 21 heavy (non-hydrogen) atoms. The highest BCUT2D eigenvalue weighted by Crippen LogP contribution is 2.32. The average Bonchev–Trinajstić information content (AvgIpc) is 2.44. The van der Waals surface area contributed by atoms with Crippen molar-refractivity contribution in [2.24, 2.45) is 5.41 Å². The monoisotopic (exact) mass is 291 g/mol. The molecule has 2 N–H and O–H groups in total. The predicted molar refractivity (Wildman–Crippen MR) is 84.4 cm³/mol. The van der Waals surface area contributed by atoms with E-state index >= 15 is 0 Å². The quantitative estimate of drug-likeness (QED) is 0.797. The number of benzene rings is 1. The number of carbonyl (C=O) groups is 2. The fraction of sp³-hybridized carbons (Fsp3) is 0.529. The highest BCUT2D eigenvalue weighted by Gasteiger charge is 2.37. The van der Waals surface area contributed by atoms with E-state index < -0.39 is 11.4 Å². The van der Waals surface area contributed by atoms with Crippen molar-refractivity contribution >= 4 is 17.6 Å². The Morgan fingerprint density at radius 2 is 1.76 bits per heavy atom. The Kier molecular flexibility index (Phi) is 5.94. The molecule has 0 saturated carbocycles. The average molecular weight is 291 g/mol. The topological polar surface area (TPSA) is 66.4 Å². The first-order valence-corrected chi connectivity index (χ1v) is 7.48. The zero-order chi connectivity index (χ0) is 16.0. The van der Waals surface area contributed by atoms with Gasteiger partial charge < -0.3 is 10.4 Å². The lowest BCUT2D eigenvalue weighted by molar-refractivity contribution is -0.151. The molecule has 0 aliphatic carbocycles. The van der Waals surface area contributed by atoms with E-state index in [9.17, 15) is 14.7 Å². The second kappa shape index (κ2) is 7.25. The Labute approximate surface area is 126 Å². The third kappa shape index (κ3) is 4.06. The van der Waals surface area contributed by atoms with Crippen LogP contribution in [0.5, 0.6) is 0 Å². The second-order valence-electron chi connectivity index (χ2n) is 5.76. The highest BCUT2D eigenvalue weighted by atomic mass is 16.4. The Morgan fingerprint density at radius 1 is 1.19 bits per heavy atom. The minimum absolute atomic E-state index is 0.00175. The summed E-state index contributed by atoms with van der Waals surface area (Å²) in [5.41, 5.74) is 0.848. The molecule has 4 heteroatoms. The van der Waals surface area contributed by atoms with Crippen molar-refractivity contribution in [3.63, 3.8) is 0 Å². The zero-order valence-corrected chi connectivity index (χ0v) is 13.3. The predicted octanol–water partition coefficient (Wildman–Crippen LogP) is 4.03. The third-order valence-electron chi connectivity index (χ3n) is 4.16. The molecule has 0 aliphatic heterocycles. The molecule has 4 nitrogen and oxygen atoms in total. The van der Waals surface area contributed by atoms with Crippen LogP contribution >= 0.6 is 0 Å². The molecule has 1 rings (SSSR count). The first-order chi connectivity index (χ1) is 9.86. The van der Waals surface area contributed by atoms with Gasteiger partial charge in [0.25, 0.3) is 0 Å². The first-order valence-electron chi connectivity index (χ1n) is 7.48. The largest absolute Gasteiger partial charge is 0.481 e. The molecule has 0 atom stereocenters. The Morgan fingerprint density at radius 3 is 2.24 bits per heavy atom. The molecule has 0 heterocycles. The van der Waals surface area contributed by atoms with Crippen molar-refractivity contribution < 1.29 is 14.7 Å². The first kappa shape index (κ1) is 17.2. The lowest BCUT2D eigenvalue weighted by Crippen LogP contribution is -2.34. The summed E-state index contributed by atoms with van der Waals surface area (Å²) in [6, 6.07) is 7.63. The van der Waals surface area contributed by atoms with Gasteiger partial charge in [-0.2, -0.15) is 0 Å². The number of rotatable bonds is 7. The lowest BCUT2D eigenvalue weighted by Gasteiger charge is -2.26. The summed E-state index contributed by atoms with van der Waals surface area (Å²) in [6.07, 6.45) is 0.887. The Bertz CT molecular complexity index is 505. The van der Waals surface area contributed by atoms with Crippen LogP contribution in [-0.2, 0) is 9.59 Å². The van der Waals surface area contributed by atoms with Crippen LogP contribution in [0.15, 0.2) is 24.3 Å². The van der Waals surface area contributed by atoms with Gasteiger partial charge in [0, 0.05) is 12.1 Å². The summed E-state index contributed by atoms with van der Waals surface area (Å²) in [4.78, 5) is 23.7. The van der Waals surface area contributed by atoms with E-state index in [1.165, 1.54) is 0 Å². The summed E-state index contributed by atoms with van der Waals surface area (Å²) < 4.78 is 0. The zero-order valence-electron chi connectivity index (χ0n) is 13.3. The van der Waals surface area contributed by atoms with Gasteiger partial charge in [-0.05, 0) is 30.4 Å². The number of amides is 1. The van der Waals surface area contributed by atoms with E-state index in [2.05, 4.69) is 19.2 Å². The van der Waals surface area contributed by atoms with Gasteiger partial charge in [0.15, 0.2) is 0 Å². The van der Waals surface area contributed by atoms with Crippen molar-refractivity contribution in [2.75, 3.05) is 5.32 Å². The van der Waals surface area contributed by atoms with E-state index in [1.807, 2.05) is 38.1 Å². The van der Waals surface area contributed by atoms with Crippen molar-refractivity contribution in [1.82, 2.24) is 0 Å². The van der Waals surface area contributed by atoms with Crippen LogP contribution in [0.2, 0.25) is 0 Å². The fourth-order valence-electron chi connectivity index (χ4n) is 2.49. The number of hydrogen-bond donors (Lipinski definition) is 2. The number of hydrogen-bond acceptors (Lipinski definition) is 2. The number of aliphatic carboxylic acids is 1. The highest BCUT2D eigenvalue weighted by molar-refractivity contribution is 5.94. The van der Waals surface area contributed by atoms with Crippen molar-refractivity contribution in [3.05, 3.63) is 29.8 Å². The standard InChI is InChI=1S/C17H25NO3/c1-5-17(6-2,16(20)21)11-15(19)18-14-10-8-7-9-13(14)12(3)4/h7-10,12H,5-6,11H2,1-4H3,(H,18,19)(H,20,21). The number of carbonyl (C=O) groups excluding carboxylic acids is 1. The molecule has 0 saturated heterocycles. The molecule has 0 spiro atoms. The molecule has 0 radical (unpaired) electrons. The van der Waals surface area contributed by atoms with Crippen LogP contribution < -0.4 is 5.32 Å². The third-order valence-corrected chi connectivity index (χ3v) is 4.16. The Hall–Kier alpha value is -1.84. The Balaban J connectivity index is 2.90. The van der Waals surface area contributed by atoms with Gasteiger partial charge in [-0.15, -0.1) is 0 Å². The molecular weight excluding hydrogens is 266 g/mol. The molecule has 0 fully saturated rings. The van der Waals surface area contributed by atoms with Gasteiger partial charge in [-0.1, -0.05) is 45.9 Å². The molecule has 0 unspecified atom stereocenters. The smallest absolute Gasteiger partial charge is 0.310 e. The fourth-order valence-corrected chi connectivity index (χ4v) is 2.49. The van der Waals surface area contributed by atoms with E-state index in [1.54, 1.807) is 0 Å². The maximum Gasteiger partial charge on any atom is 0.310 e. The van der Waals surface area contributed by atoms with Gasteiger partial charge in [-0.3, -0.25) is 9.59 Å². The second-order valence-corrected chi connectivity index (χ2v) is 5.76. The van der Waals surface area contributed by atoms with E-state index in [0.29, 0.717) is 18.8 Å². The molecular formula is C17H25NO3. The number of carboxylic acid groups (broad SMARTS) is 1. The molecule has 0 bridgehead atoms. The van der Waals surface area contributed by atoms with E-state index in [4.69, 9.17) is 0 Å². The minimum Gasteiger partial charge on any atom is -0.481 e. The van der Waals surface area contributed by atoms with Crippen LogP contribution in [0.3, 0.4) is 0 Å². The van der Waals surface area contributed by atoms with Gasteiger partial charge >= 0.3 is 5.97 Å². The maximum atomic E-state index is 12.3. The lowest BCUT2D eigenvalue weighted by atomic mass is 9.79. The van der Waals surface area contributed by atoms with E-state index in [0.717, 1.165) is 11.3 Å². The normalized spacial score (nSPS) is 11.5. The summed E-state index contributed by atoms with van der Waals surface area (Å²) in [5.74, 6) is -0.850. The van der Waals surface area contributed by atoms with E-state index in [-0.39, 0.29) is 12.3 Å². The van der Waals surface area contributed by atoms with Crippen LogP contribution in [-0.4, -0.2) is 17.0 Å². The van der Waals surface area contributed by atoms with Crippen LogP contribution in [0.25, 0.3) is 0 Å². The maximum absolute atomic E-state index is 12.3. The molecule has 1 aromatic rings. The van der Waals surface area contributed by atoms with Gasteiger partial charge in [0.1, 0.15) is 0 Å². The van der Waals surface area contributed by atoms with Crippen LogP contribution in [0.1, 0.15) is 58.4 Å². The molecule has 1 aromatic carbocycles. The van der Waals surface area contributed by atoms with Crippen molar-refractivity contribution in [1.29, 1.82) is 0 Å². The van der Waals surface area contributed by atoms with Crippen LogP contribution in [0.4, 0.5) is 5.69 Å². The summed E-state index contributed by atoms with van der Waals surface area (Å²) in [7, 11) is 0. The SMILES string of the molecule is CCC(CC)(CC(=O)Nc1ccccc1C(C)C)C(=O)O. The molecule has 0 aromatic heterocycles.